The molecule has 0 aliphatic rings. The van der Waals surface area contributed by atoms with E-state index in [1.54, 1.807) is 6.07 Å². The van der Waals surface area contributed by atoms with Crippen LogP contribution in [-0.2, 0) is 0 Å². The van der Waals surface area contributed by atoms with Crippen molar-refractivity contribution in [3.05, 3.63) is 93.5 Å². The molecule has 0 saturated carbocycles. The molecule has 6 heteroatoms. The Balaban J connectivity index is 1.87. The largest absolute Gasteiger partial charge is 0.322 e. The van der Waals surface area contributed by atoms with E-state index in [2.05, 4.69) is 5.32 Å². The fraction of sp³-hybridized carbons (Fsp3) is 0. The molecule has 25 heavy (non-hydrogen) atoms. The molecular weight excluding hydrogens is 340 g/mol. The highest BCUT2D eigenvalue weighted by Gasteiger charge is 2.16. The molecular formula is C19H13ClN2O3. The predicted molar refractivity (Wildman–Crippen MR) is 97.9 cm³/mol. The number of non-ortho nitro benzene ring substituents is 1. The quantitative estimate of drug-likeness (QED) is 0.520. The minimum absolute atomic E-state index is 0.0565. The van der Waals surface area contributed by atoms with Crippen LogP contribution in [0.3, 0.4) is 0 Å². The minimum atomic E-state index is -0.566. The van der Waals surface area contributed by atoms with Crippen LogP contribution in [0, 0.1) is 10.1 Å². The van der Waals surface area contributed by atoms with E-state index in [1.807, 2.05) is 48.5 Å². The molecule has 0 spiro atoms. The summed E-state index contributed by atoms with van der Waals surface area (Å²) in [7, 11) is 0. The topological polar surface area (TPSA) is 72.2 Å². The number of nitrogens with zero attached hydrogens (tertiary/aromatic N) is 1. The minimum Gasteiger partial charge on any atom is -0.322 e. The molecule has 124 valence electrons. The Morgan fingerprint density at radius 3 is 2.36 bits per heavy atom. The zero-order valence-electron chi connectivity index (χ0n) is 13.0. The van der Waals surface area contributed by atoms with Crippen LogP contribution in [0.5, 0.6) is 0 Å². The molecule has 3 rings (SSSR count). The van der Waals surface area contributed by atoms with E-state index in [9.17, 15) is 14.9 Å². The number of nitro benzene ring substituents is 1. The predicted octanol–water partition coefficient (Wildman–Crippen LogP) is 5.17. The van der Waals surface area contributed by atoms with Gasteiger partial charge in [0.2, 0.25) is 0 Å². The molecule has 0 bridgehead atoms. The maximum Gasteiger partial charge on any atom is 0.270 e. The molecule has 3 aromatic rings. The lowest BCUT2D eigenvalue weighted by atomic mass is 10.1. The second kappa shape index (κ2) is 7.15. The number of halogens is 1. The second-order valence-electron chi connectivity index (χ2n) is 5.32. The van der Waals surface area contributed by atoms with Crippen LogP contribution in [0.4, 0.5) is 11.4 Å². The zero-order valence-corrected chi connectivity index (χ0v) is 13.7. The Kier molecular flexibility index (Phi) is 4.77. The van der Waals surface area contributed by atoms with Gasteiger partial charge in [-0.3, -0.25) is 14.9 Å². The molecule has 1 amide bonds. The van der Waals surface area contributed by atoms with Gasteiger partial charge in [-0.25, -0.2) is 0 Å². The maximum atomic E-state index is 12.4. The molecule has 0 aromatic heterocycles. The highest BCUT2D eigenvalue weighted by atomic mass is 35.5. The van der Waals surface area contributed by atoms with Gasteiger partial charge in [0.15, 0.2) is 0 Å². The van der Waals surface area contributed by atoms with Crippen molar-refractivity contribution in [2.24, 2.45) is 0 Å². The van der Waals surface area contributed by atoms with Gasteiger partial charge in [0, 0.05) is 17.8 Å². The van der Waals surface area contributed by atoms with E-state index in [-0.39, 0.29) is 16.3 Å². The number of hydrogen-bond acceptors (Lipinski definition) is 3. The summed E-state index contributed by atoms with van der Waals surface area (Å²) in [6.45, 7) is 0. The second-order valence-corrected chi connectivity index (χ2v) is 5.73. The number of carbonyl (C=O) groups is 1. The number of nitro groups is 1. The summed E-state index contributed by atoms with van der Waals surface area (Å²) in [6.07, 6.45) is 0. The van der Waals surface area contributed by atoms with E-state index in [0.717, 1.165) is 11.1 Å². The maximum absolute atomic E-state index is 12.4. The molecule has 0 radical (unpaired) electrons. The normalized spacial score (nSPS) is 10.3. The molecule has 3 aromatic carbocycles. The van der Waals surface area contributed by atoms with Gasteiger partial charge in [0.25, 0.3) is 11.6 Å². The van der Waals surface area contributed by atoms with E-state index in [0.29, 0.717) is 5.69 Å². The first-order valence-electron chi connectivity index (χ1n) is 7.45. The van der Waals surface area contributed by atoms with Crippen molar-refractivity contribution >= 4 is 28.9 Å². The van der Waals surface area contributed by atoms with Crippen LogP contribution >= 0.6 is 11.6 Å². The number of anilines is 1. The van der Waals surface area contributed by atoms with Crippen LogP contribution in [0.2, 0.25) is 5.02 Å². The number of amides is 1. The van der Waals surface area contributed by atoms with Crippen LogP contribution in [0.1, 0.15) is 10.4 Å². The third-order valence-corrected chi connectivity index (χ3v) is 3.96. The summed E-state index contributed by atoms with van der Waals surface area (Å²) >= 11 is 6.01. The number of nitrogens with one attached hydrogen (secondary N) is 1. The number of hydrogen-bond donors (Lipinski definition) is 1. The van der Waals surface area contributed by atoms with E-state index in [4.69, 9.17) is 11.6 Å². The lowest BCUT2D eigenvalue weighted by molar-refractivity contribution is -0.384. The molecule has 0 aliphatic carbocycles. The Bertz CT molecular complexity index is 942. The summed E-state index contributed by atoms with van der Waals surface area (Å²) in [5.74, 6) is -0.501. The van der Waals surface area contributed by atoms with Gasteiger partial charge in [0.1, 0.15) is 0 Å². The first-order valence-corrected chi connectivity index (χ1v) is 7.83. The van der Waals surface area contributed by atoms with Gasteiger partial charge in [-0.2, -0.15) is 0 Å². The lowest BCUT2D eigenvalue weighted by Gasteiger charge is -2.09. The first-order chi connectivity index (χ1) is 12.0. The Labute approximate surface area is 149 Å². The van der Waals surface area contributed by atoms with Crippen molar-refractivity contribution in [2.45, 2.75) is 0 Å². The zero-order chi connectivity index (χ0) is 17.8. The SMILES string of the molecule is O=C(Nc1cccc(-c2ccccc2)c1)c1cc([N+](=O)[O-])ccc1Cl. The van der Waals surface area contributed by atoms with Crippen LogP contribution in [0.25, 0.3) is 11.1 Å². The van der Waals surface area contributed by atoms with Crippen molar-refractivity contribution in [2.75, 3.05) is 5.32 Å². The summed E-state index contributed by atoms with van der Waals surface area (Å²) < 4.78 is 0. The lowest BCUT2D eigenvalue weighted by Crippen LogP contribution is -2.12. The van der Waals surface area contributed by atoms with Crippen LogP contribution < -0.4 is 5.32 Å². The van der Waals surface area contributed by atoms with Gasteiger partial charge in [-0.05, 0) is 29.3 Å². The van der Waals surface area contributed by atoms with Crippen molar-refractivity contribution < 1.29 is 9.72 Å². The van der Waals surface area contributed by atoms with Gasteiger partial charge in [-0.1, -0.05) is 54.1 Å². The third-order valence-electron chi connectivity index (χ3n) is 3.63. The molecule has 0 heterocycles. The Hall–Kier alpha value is -3.18. The smallest absolute Gasteiger partial charge is 0.270 e. The average Bonchev–Trinajstić information content (AvgIpc) is 2.62. The molecule has 0 aliphatic heterocycles. The average molecular weight is 353 g/mol. The number of rotatable bonds is 4. The molecule has 0 saturated heterocycles. The molecule has 5 nitrogen and oxygen atoms in total. The molecule has 0 unspecified atom stereocenters. The van der Waals surface area contributed by atoms with E-state index in [1.165, 1.54) is 18.2 Å². The van der Waals surface area contributed by atoms with E-state index >= 15 is 0 Å². The van der Waals surface area contributed by atoms with Gasteiger partial charge in [0.05, 0.1) is 15.5 Å². The molecule has 0 atom stereocenters. The summed E-state index contributed by atoms with van der Waals surface area (Å²) in [6, 6.07) is 20.8. The fourth-order valence-electron chi connectivity index (χ4n) is 2.41. The van der Waals surface area contributed by atoms with Gasteiger partial charge in [-0.15, -0.1) is 0 Å². The number of carbonyl (C=O) groups excluding carboxylic acids is 1. The van der Waals surface area contributed by atoms with Gasteiger partial charge >= 0.3 is 0 Å². The van der Waals surface area contributed by atoms with Gasteiger partial charge < -0.3 is 5.32 Å². The monoisotopic (exact) mass is 352 g/mol. The highest BCUT2D eigenvalue weighted by Crippen LogP contribution is 2.25. The standard InChI is InChI=1S/C19H13ClN2O3/c20-18-10-9-16(22(24)25)12-17(18)19(23)21-15-8-4-7-14(11-15)13-5-2-1-3-6-13/h1-12H,(H,21,23). The third kappa shape index (κ3) is 3.84. The van der Waals surface area contributed by atoms with Crippen molar-refractivity contribution in [3.63, 3.8) is 0 Å². The van der Waals surface area contributed by atoms with Crippen molar-refractivity contribution in [3.8, 4) is 11.1 Å². The summed E-state index contributed by atoms with van der Waals surface area (Å²) in [5, 5.41) is 13.8. The van der Waals surface area contributed by atoms with Crippen LogP contribution in [-0.4, -0.2) is 10.8 Å². The first kappa shape index (κ1) is 16.7. The van der Waals surface area contributed by atoms with E-state index < -0.39 is 10.8 Å². The summed E-state index contributed by atoms with van der Waals surface area (Å²) in [4.78, 5) is 22.8. The van der Waals surface area contributed by atoms with Crippen LogP contribution in [0.15, 0.2) is 72.8 Å². The van der Waals surface area contributed by atoms with Crippen molar-refractivity contribution in [1.29, 1.82) is 0 Å². The number of benzene rings is 3. The summed E-state index contributed by atoms with van der Waals surface area (Å²) in [5.41, 5.74) is 2.41. The Morgan fingerprint density at radius 1 is 0.920 bits per heavy atom. The van der Waals surface area contributed by atoms with Crippen molar-refractivity contribution in [1.82, 2.24) is 0 Å². The highest BCUT2D eigenvalue weighted by molar-refractivity contribution is 6.34. The molecule has 1 N–H and O–H groups in total. The fourth-order valence-corrected chi connectivity index (χ4v) is 2.61. The Morgan fingerprint density at radius 2 is 1.64 bits per heavy atom. The molecule has 0 fully saturated rings.